The molecule has 0 radical (unpaired) electrons. The van der Waals surface area contributed by atoms with E-state index in [4.69, 9.17) is 17.3 Å². The Morgan fingerprint density at radius 3 is 3.03 bits per heavy atom. The summed E-state index contributed by atoms with van der Waals surface area (Å²) in [7, 11) is 1.75. The molecule has 1 amide bonds. The largest absolute Gasteiger partial charge is 0.389 e. The number of hydrogen-bond acceptors (Lipinski definition) is 7. The molecular formula is C22H25ClN8O2. The van der Waals surface area contributed by atoms with E-state index in [1.165, 1.54) is 6.33 Å². The topological polar surface area (TPSA) is 139 Å². The summed E-state index contributed by atoms with van der Waals surface area (Å²) in [4.78, 5) is 35.0. The quantitative estimate of drug-likeness (QED) is 0.409. The molecule has 4 N–H and O–H groups in total. The zero-order valence-corrected chi connectivity index (χ0v) is 18.9. The monoisotopic (exact) mass is 468 g/mol. The molecule has 3 atom stereocenters. The molecule has 1 aromatic carbocycles. The first-order valence-corrected chi connectivity index (χ1v) is 11.3. The van der Waals surface area contributed by atoms with E-state index in [1.807, 2.05) is 16.7 Å². The number of imidazole rings is 2. The molecule has 0 spiro atoms. The van der Waals surface area contributed by atoms with Crippen LogP contribution in [-0.2, 0) is 11.2 Å². The normalized spacial score (nSPS) is 21.0. The van der Waals surface area contributed by atoms with Crippen LogP contribution in [0.2, 0.25) is 5.02 Å². The molecule has 10 nitrogen and oxygen atoms in total. The van der Waals surface area contributed by atoms with E-state index in [0.717, 1.165) is 36.1 Å². The van der Waals surface area contributed by atoms with E-state index in [1.54, 1.807) is 24.3 Å². The number of nitrogen functional groups attached to an aromatic ring is 1. The van der Waals surface area contributed by atoms with Gasteiger partial charge in [0, 0.05) is 24.9 Å². The maximum Gasteiger partial charge on any atom is 0.223 e. The second kappa shape index (κ2) is 8.60. The molecule has 0 unspecified atom stereocenters. The Balaban J connectivity index is 1.28. The molecular weight excluding hydrogens is 444 g/mol. The Morgan fingerprint density at radius 1 is 1.33 bits per heavy atom. The zero-order chi connectivity index (χ0) is 23.1. The summed E-state index contributed by atoms with van der Waals surface area (Å²) in [5.41, 5.74) is 8.68. The molecule has 0 aliphatic heterocycles. The molecule has 3 heterocycles. The Hall–Kier alpha value is -3.24. The van der Waals surface area contributed by atoms with Gasteiger partial charge in [-0.05, 0) is 37.5 Å². The molecule has 3 aromatic heterocycles. The van der Waals surface area contributed by atoms with Crippen molar-refractivity contribution in [3.63, 3.8) is 0 Å². The van der Waals surface area contributed by atoms with Crippen LogP contribution in [0.5, 0.6) is 0 Å². The number of likely N-dealkylation sites (N-methyl/N-ethyl adjacent to an activating group) is 1. The maximum atomic E-state index is 13.0. The highest BCUT2D eigenvalue weighted by molar-refractivity contribution is 6.31. The van der Waals surface area contributed by atoms with Gasteiger partial charge in [-0.15, -0.1) is 0 Å². The van der Waals surface area contributed by atoms with Crippen LogP contribution in [0, 0.1) is 0 Å². The van der Waals surface area contributed by atoms with Gasteiger partial charge in [0.1, 0.15) is 17.7 Å². The number of halogens is 1. The van der Waals surface area contributed by atoms with Crippen LogP contribution in [0.4, 0.5) is 5.82 Å². The fraction of sp³-hybridized carbons (Fsp3) is 0.409. The van der Waals surface area contributed by atoms with Crippen LogP contribution in [0.1, 0.15) is 37.5 Å². The van der Waals surface area contributed by atoms with Gasteiger partial charge in [0.15, 0.2) is 11.5 Å². The van der Waals surface area contributed by atoms with Crippen molar-refractivity contribution in [3.8, 4) is 0 Å². The minimum Gasteiger partial charge on any atom is -0.389 e. The molecule has 1 saturated carbocycles. The van der Waals surface area contributed by atoms with Crippen LogP contribution in [0.15, 0.2) is 30.9 Å². The van der Waals surface area contributed by atoms with Gasteiger partial charge in [-0.3, -0.25) is 4.79 Å². The number of aryl methyl sites for hydroxylation is 1. The highest BCUT2D eigenvalue weighted by atomic mass is 35.5. The minimum atomic E-state index is -0.755. The number of amides is 1. The number of nitrogens with one attached hydrogen (secondary N) is 1. The van der Waals surface area contributed by atoms with Crippen molar-refractivity contribution >= 4 is 45.5 Å². The number of carbonyl (C=O) groups excluding carboxylic acids is 1. The van der Waals surface area contributed by atoms with Crippen molar-refractivity contribution < 1.29 is 9.90 Å². The Morgan fingerprint density at radius 2 is 2.18 bits per heavy atom. The van der Waals surface area contributed by atoms with Gasteiger partial charge in [-0.25, -0.2) is 19.9 Å². The Kier molecular flexibility index (Phi) is 5.63. The molecule has 172 valence electrons. The van der Waals surface area contributed by atoms with Gasteiger partial charge in [-0.2, -0.15) is 0 Å². The first-order valence-electron chi connectivity index (χ1n) is 10.9. The van der Waals surface area contributed by atoms with Crippen molar-refractivity contribution in [2.75, 3.05) is 12.8 Å². The smallest absolute Gasteiger partial charge is 0.223 e. The van der Waals surface area contributed by atoms with Crippen molar-refractivity contribution in [2.24, 2.45) is 0 Å². The Bertz CT molecular complexity index is 1320. The second-order valence-corrected chi connectivity index (χ2v) is 8.93. The number of aromatic nitrogens is 6. The SMILES string of the molecule is CN(C(=O)CCc1nc2ccc(Cl)cc2[nH]1)[C@H]1CCC[C@H](n2cnc3c(N)ncnc32)[C@H]1O. The number of rotatable bonds is 5. The van der Waals surface area contributed by atoms with Gasteiger partial charge in [0.05, 0.1) is 35.5 Å². The van der Waals surface area contributed by atoms with Crippen LogP contribution in [0.3, 0.4) is 0 Å². The molecule has 1 aliphatic carbocycles. The van der Waals surface area contributed by atoms with Gasteiger partial charge < -0.3 is 25.3 Å². The summed E-state index contributed by atoms with van der Waals surface area (Å²) >= 11 is 6.03. The van der Waals surface area contributed by atoms with E-state index < -0.39 is 6.10 Å². The summed E-state index contributed by atoms with van der Waals surface area (Å²) in [5, 5.41) is 11.8. The zero-order valence-electron chi connectivity index (χ0n) is 18.1. The number of nitrogens with two attached hydrogens (primary N) is 1. The van der Waals surface area contributed by atoms with Gasteiger partial charge in [-0.1, -0.05) is 11.6 Å². The van der Waals surface area contributed by atoms with Crippen molar-refractivity contribution in [2.45, 2.75) is 50.3 Å². The lowest BCUT2D eigenvalue weighted by molar-refractivity contribution is -0.136. The Labute approximate surface area is 194 Å². The van der Waals surface area contributed by atoms with E-state index in [0.29, 0.717) is 28.4 Å². The fourth-order valence-corrected chi connectivity index (χ4v) is 4.89. The van der Waals surface area contributed by atoms with E-state index in [-0.39, 0.29) is 24.4 Å². The first-order chi connectivity index (χ1) is 15.9. The number of aliphatic hydroxyl groups is 1. The lowest BCUT2D eigenvalue weighted by Gasteiger charge is -2.40. The third-order valence-electron chi connectivity index (χ3n) is 6.49. The van der Waals surface area contributed by atoms with Crippen LogP contribution in [0.25, 0.3) is 22.2 Å². The number of aromatic amines is 1. The summed E-state index contributed by atoms with van der Waals surface area (Å²) in [6.45, 7) is 0. The van der Waals surface area contributed by atoms with Gasteiger partial charge >= 0.3 is 0 Å². The molecule has 0 saturated heterocycles. The van der Waals surface area contributed by atoms with Crippen molar-refractivity contribution in [1.29, 1.82) is 0 Å². The molecule has 0 bridgehead atoms. The number of H-pyrrole nitrogens is 1. The predicted molar refractivity (Wildman–Crippen MR) is 125 cm³/mol. The standard InChI is InChI=1S/C22H25ClN8O2/c1-30(18(32)8-7-17-28-13-6-5-12(23)9-14(13)29-17)15-3-2-4-16(20(15)33)31-11-27-19-21(24)25-10-26-22(19)31/h5-6,9-11,15-16,20,33H,2-4,7-8H2,1H3,(H,28,29)(H2,24,25,26)/t15-,16-,20-/m0/s1. The minimum absolute atomic E-state index is 0.0414. The van der Waals surface area contributed by atoms with Crippen LogP contribution >= 0.6 is 11.6 Å². The number of benzene rings is 1. The number of anilines is 1. The van der Waals surface area contributed by atoms with E-state index in [2.05, 4.69) is 24.9 Å². The van der Waals surface area contributed by atoms with Crippen molar-refractivity contribution in [3.05, 3.63) is 41.7 Å². The van der Waals surface area contributed by atoms with Crippen LogP contribution < -0.4 is 5.73 Å². The summed E-state index contributed by atoms with van der Waals surface area (Å²) in [6.07, 6.45) is 5.40. The van der Waals surface area contributed by atoms with Crippen LogP contribution in [-0.4, -0.2) is 64.6 Å². The molecule has 4 aromatic rings. The highest BCUT2D eigenvalue weighted by Crippen LogP contribution is 2.34. The number of fused-ring (bicyclic) bond motifs is 2. The van der Waals surface area contributed by atoms with E-state index in [9.17, 15) is 9.90 Å². The second-order valence-electron chi connectivity index (χ2n) is 8.49. The molecule has 11 heteroatoms. The van der Waals surface area contributed by atoms with Crippen molar-refractivity contribution in [1.82, 2.24) is 34.4 Å². The molecule has 1 fully saturated rings. The number of aliphatic hydroxyl groups excluding tert-OH is 1. The lowest BCUT2D eigenvalue weighted by atomic mass is 9.87. The first kappa shape index (κ1) is 21.6. The van der Waals surface area contributed by atoms with Gasteiger partial charge in [0.2, 0.25) is 5.91 Å². The number of carbonyl (C=O) groups is 1. The number of hydrogen-bond donors (Lipinski definition) is 3. The predicted octanol–water partition coefficient (Wildman–Crippen LogP) is 2.48. The maximum absolute atomic E-state index is 13.0. The third-order valence-corrected chi connectivity index (χ3v) is 6.73. The molecule has 33 heavy (non-hydrogen) atoms. The summed E-state index contributed by atoms with van der Waals surface area (Å²) in [5.74, 6) is 0.999. The highest BCUT2D eigenvalue weighted by Gasteiger charge is 2.37. The lowest BCUT2D eigenvalue weighted by Crippen LogP contribution is -2.50. The average Bonchev–Trinajstić information content (AvgIpc) is 3.41. The van der Waals surface area contributed by atoms with Gasteiger partial charge in [0.25, 0.3) is 0 Å². The fourth-order valence-electron chi connectivity index (χ4n) is 4.71. The summed E-state index contributed by atoms with van der Waals surface area (Å²) in [6, 6.07) is 4.90. The molecule has 5 rings (SSSR count). The third kappa shape index (κ3) is 4.00. The summed E-state index contributed by atoms with van der Waals surface area (Å²) < 4.78 is 1.85. The molecule has 1 aliphatic rings. The average molecular weight is 469 g/mol. The number of nitrogens with zero attached hydrogens (tertiary/aromatic N) is 6. The van der Waals surface area contributed by atoms with E-state index >= 15 is 0 Å².